The fourth-order valence-electron chi connectivity index (χ4n) is 4.19. The van der Waals surface area contributed by atoms with Gasteiger partial charge >= 0.3 is 0 Å². The number of carbonyl (C=O) groups is 3. The molecule has 0 bridgehead atoms. The Bertz CT molecular complexity index is 1270. The third-order valence-electron chi connectivity index (χ3n) is 6.12. The van der Waals surface area contributed by atoms with E-state index in [0.717, 1.165) is 0 Å². The van der Waals surface area contributed by atoms with Crippen LogP contribution in [0.15, 0.2) is 41.3 Å². The van der Waals surface area contributed by atoms with Crippen LogP contribution in [0.5, 0.6) is 5.75 Å². The zero-order valence-electron chi connectivity index (χ0n) is 19.3. The number of aryl methyl sites for hydroxylation is 1. The summed E-state index contributed by atoms with van der Waals surface area (Å²) in [6.07, 6.45) is 0.369. The van der Waals surface area contributed by atoms with Gasteiger partial charge in [-0.1, -0.05) is 12.1 Å². The average molecular weight is 486 g/mol. The highest BCUT2D eigenvalue weighted by atomic mass is 32.2. The SMILES string of the molecule is CC(=O)c1cccc(NC(=O)[C@@H]2CCCN(S(=O)(=O)c3cc4c(cc3C)NC(=O)[C@H](C)O4)C2)c1. The van der Waals surface area contributed by atoms with Crippen LogP contribution in [0.1, 0.15) is 42.6 Å². The molecule has 180 valence electrons. The molecule has 34 heavy (non-hydrogen) atoms. The summed E-state index contributed by atoms with van der Waals surface area (Å²) in [5, 5.41) is 5.53. The number of nitrogens with zero attached hydrogens (tertiary/aromatic N) is 1. The van der Waals surface area contributed by atoms with Crippen molar-refractivity contribution in [2.75, 3.05) is 23.7 Å². The van der Waals surface area contributed by atoms with E-state index in [9.17, 15) is 22.8 Å². The highest BCUT2D eigenvalue weighted by Crippen LogP contribution is 2.36. The number of amides is 2. The summed E-state index contributed by atoms with van der Waals surface area (Å²) >= 11 is 0. The topological polar surface area (TPSA) is 122 Å². The molecule has 4 rings (SSSR count). The van der Waals surface area contributed by atoms with Crippen molar-refractivity contribution in [2.45, 2.75) is 44.6 Å². The van der Waals surface area contributed by atoms with Gasteiger partial charge in [-0.2, -0.15) is 4.31 Å². The van der Waals surface area contributed by atoms with Crippen LogP contribution in [0.25, 0.3) is 0 Å². The third kappa shape index (κ3) is 4.69. The Kier molecular flexibility index (Phi) is 6.46. The van der Waals surface area contributed by atoms with Crippen molar-refractivity contribution >= 4 is 39.0 Å². The summed E-state index contributed by atoms with van der Waals surface area (Å²) < 4.78 is 33.9. The van der Waals surface area contributed by atoms with Gasteiger partial charge in [-0.05, 0) is 57.4 Å². The lowest BCUT2D eigenvalue weighted by molar-refractivity contribution is -0.123. The van der Waals surface area contributed by atoms with Crippen molar-refractivity contribution in [1.82, 2.24) is 4.31 Å². The number of Topliss-reactive ketones (excluding diaryl/α,β-unsaturated/α-hetero) is 1. The second-order valence-electron chi connectivity index (χ2n) is 8.69. The maximum Gasteiger partial charge on any atom is 0.265 e. The summed E-state index contributed by atoms with van der Waals surface area (Å²) in [6, 6.07) is 9.68. The maximum absolute atomic E-state index is 13.5. The molecule has 2 aromatic rings. The van der Waals surface area contributed by atoms with E-state index in [1.807, 2.05) is 0 Å². The molecule has 2 N–H and O–H groups in total. The number of hydrogen-bond acceptors (Lipinski definition) is 6. The van der Waals surface area contributed by atoms with Gasteiger partial charge in [-0.25, -0.2) is 8.42 Å². The lowest BCUT2D eigenvalue weighted by atomic mass is 9.98. The minimum absolute atomic E-state index is 0.0467. The Labute approximate surface area is 198 Å². The van der Waals surface area contributed by atoms with Crippen LogP contribution in [-0.4, -0.2) is 49.5 Å². The molecule has 0 aliphatic carbocycles. The Morgan fingerprint density at radius 2 is 1.97 bits per heavy atom. The molecular formula is C24H27N3O6S. The van der Waals surface area contributed by atoms with Crippen LogP contribution in [-0.2, 0) is 19.6 Å². The molecule has 2 aliphatic heterocycles. The third-order valence-corrected chi connectivity index (χ3v) is 8.12. The maximum atomic E-state index is 13.5. The quantitative estimate of drug-likeness (QED) is 0.628. The predicted octanol–water partition coefficient (Wildman–Crippen LogP) is 2.96. The van der Waals surface area contributed by atoms with Gasteiger partial charge in [0.05, 0.1) is 16.5 Å². The van der Waals surface area contributed by atoms with Crippen LogP contribution in [0, 0.1) is 12.8 Å². The molecule has 0 unspecified atom stereocenters. The molecular weight excluding hydrogens is 458 g/mol. The highest BCUT2D eigenvalue weighted by Gasteiger charge is 2.35. The minimum atomic E-state index is -3.90. The van der Waals surface area contributed by atoms with E-state index in [-0.39, 0.29) is 29.0 Å². The number of ketones is 1. The summed E-state index contributed by atoms with van der Waals surface area (Å²) in [5.74, 6) is -0.917. The Balaban J connectivity index is 1.53. The first-order valence-electron chi connectivity index (χ1n) is 11.1. The van der Waals surface area contributed by atoms with Gasteiger partial charge in [0.1, 0.15) is 5.75 Å². The van der Waals surface area contributed by atoms with Gasteiger partial charge in [0.15, 0.2) is 11.9 Å². The second kappa shape index (κ2) is 9.19. The fraction of sp³-hybridized carbons (Fsp3) is 0.375. The number of fused-ring (bicyclic) bond motifs is 1. The van der Waals surface area contributed by atoms with Crippen molar-refractivity contribution in [3.05, 3.63) is 47.5 Å². The first-order chi connectivity index (χ1) is 16.1. The summed E-state index contributed by atoms with van der Waals surface area (Å²) in [5.41, 5.74) is 1.89. The van der Waals surface area contributed by atoms with E-state index < -0.39 is 22.0 Å². The normalized spacial score (nSPS) is 20.6. The van der Waals surface area contributed by atoms with Crippen molar-refractivity contribution in [3.8, 4) is 5.75 Å². The lowest BCUT2D eigenvalue weighted by Crippen LogP contribution is -2.44. The van der Waals surface area contributed by atoms with Crippen LogP contribution < -0.4 is 15.4 Å². The van der Waals surface area contributed by atoms with Gasteiger partial charge in [-0.15, -0.1) is 0 Å². The molecule has 2 amide bonds. The number of hydrogen-bond donors (Lipinski definition) is 2. The average Bonchev–Trinajstić information content (AvgIpc) is 2.80. The second-order valence-corrected chi connectivity index (χ2v) is 10.6. The molecule has 1 saturated heterocycles. The van der Waals surface area contributed by atoms with Crippen LogP contribution in [0.3, 0.4) is 0 Å². The zero-order valence-corrected chi connectivity index (χ0v) is 20.1. The standard InChI is InChI=1S/C24H27N3O6S/c1-14-10-20-21(33-16(3)23(29)26-20)12-22(14)34(31,32)27-9-5-7-18(13-27)24(30)25-19-8-4-6-17(11-19)15(2)28/h4,6,8,10-12,16,18H,5,7,9,13H2,1-3H3,(H,25,30)(H,26,29)/t16-,18+/m0/s1. The number of ether oxygens (including phenoxy) is 1. The zero-order chi connectivity index (χ0) is 24.6. The fourth-order valence-corrected chi connectivity index (χ4v) is 5.94. The number of benzene rings is 2. The molecule has 9 nitrogen and oxygen atoms in total. The highest BCUT2D eigenvalue weighted by molar-refractivity contribution is 7.89. The first-order valence-corrected chi connectivity index (χ1v) is 12.5. The van der Waals surface area contributed by atoms with E-state index in [1.165, 1.54) is 17.3 Å². The smallest absolute Gasteiger partial charge is 0.265 e. The van der Waals surface area contributed by atoms with E-state index in [4.69, 9.17) is 4.74 Å². The summed E-state index contributed by atoms with van der Waals surface area (Å²) in [6.45, 7) is 5.05. The monoisotopic (exact) mass is 485 g/mol. The van der Waals surface area contributed by atoms with Crippen molar-refractivity contribution in [1.29, 1.82) is 0 Å². The number of anilines is 2. The van der Waals surface area contributed by atoms with E-state index >= 15 is 0 Å². The molecule has 2 atom stereocenters. The van der Waals surface area contributed by atoms with Crippen molar-refractivity contribution < 1.29 is 27.5 Å². The molecule has 0 radical (unpaired) electrons. The first kappa shape index (κ1) is 23.9. The molecule has 0 spiro atoms. The molecule has 2 aliphatic rings. The Hall–Kier alpha value is -3.24. The number of carbonyl (C=O) groups excluding carboxylic acids is 3. The molecule has 2 aromatic carbocycles. The van der Waals surface area contributed by atoms with Gasteiger partial charge < -0.3 is 15.4 Å². The van der Waals surface area contributed by atoms with Crippen LogP contribution >= 0.6 is 0 Å². The number of nitrogens with one attached hydrogen (secondary N) is 2. The predicted molar refractivity (Wildman–Crippen MR) is 126 cm³/mol. The van der Waals surface area contributed by atoms with E-state index in [0.29, 0.717) is 47.6 Å². The molecule has 0 saturated carbocycles. The molecule has 0 aromatic heterocycles. The van der Waals surface area contributed by atoms with Gasteiger partial charge in [-0.3, -0.25) is 14.4 Å². The van der Waals surface area contributed by atoms with Gasteiger partial charge in [0.2, 0.25) is 15.9 Å². The lowest BCUT2D eigenvalue weighted by Gasteiger charge is -2.32. The van der Waals surface area contributed by atoms with Crippen LogP contribution in [0.2, 0.25) is 0 Å². The Morgan fingerprint density at radius 1 is 1.21 bits per heavy atom. The number of sulfonamides is 1. The number of piperidine rings is 1. The molecule has 1 fully saturated rings. The van der Waals surface area contributed by atoms with Gasteiger partial charge in [0.25, 0.3) is 5.91 Å². The Morgan fingerprint density at radius 3 is 2.71 bits per heavy atom. The van der Waals surface area contributed by atoms with E-state index in [1.54, 1.807) is 44.2 Å². The van der Waals surface area contributed by atoms with Crippen LogP contribution in [0.4, 0.5) is 11.4 Å². The summed E-state index contributed by atoms with van der Waals surface area (Å²) in [7, 11) is -3.90. The largest absolute Gasteiger partial charge is 0.479 e. The minimum Gasteiger partial charge on any atom is -0.479 e. The number of rotatable bonds is 5. The van der Waals surface area contributed by atoms with Crippen molar-refractivity contribution in [2.24, 2.45) is 5.92 Å². The summed E-state index contributed by atoms with van der Waals surface area (Å²) in [4.78, 5) is 36.5. The molecule has 10 heteroatoms. The van der Waals surface area contributed by atoms with E-state index in [2.05, 4.69) is 10.6 Å². The van der Waals surface area contributed by atoms with Gasteiger partial charge in [0, 0.05) is 30.4 Å². The molecule has 2 heterocycles. The van der Waals surface area contributed by atoms with Crippen molar-refractivity contribution in [3.63, 3.8) is 0 Å².